The Labute approximate surface area is 139 Å². The first-order valence-corrected chi connectivity index (χ1v) is 7.59. The summed E-state index contributed by atoms with van der Waals surface area (Å²) in [4.78, 5) is 20.4. The highest BCUT2D eigenvalue weighted by molar-refractivity contribution is 5.94. The molecule has 2 heterocycles. The monoisotopic (exact) mass is 323 g/mol. The van der Waals surface area contributed by atoms with Crippen molar-refractivity contribution in [3.05, 3.63) is 66.4 Å². The zero-order valence-electron chi connectivity index (χ0n) is 13.2. The number of aromatic nitrogens is 4. The van der Waals surface area contributed by atoms with E-state index in [2.05, 4.69) is 20.4 Å². The summed E-state index contributed by atoms with van der Waals surface area (Å²) < 4.78 is 6.75. The van der Waals surface area contributed by atoms with Crippen LogP contribution in [-0.2, 0) is 11.3 Å². The quantitative estimate of drug-likeness (QED) is 0.702. The number of rotatable bonds is 6. The molecule has 1 aromatic carbocycles. The Kier molecular flexibility index (Phi) is 4.81. The topological polar surface area (TPSA) is 81.9 Å². The molecule has 7 nitrogen and oxygen atoms in total. The van der Waals surface area contributed by atoms with Crippen LogP contribution in [0.1, 0.15) is 23.0 Å². The summed E-state index contributed by atoms with van der Waals surface area (Å²) in [5.41, 5.74) is 1.99. The number of benzene rings is 1. The first-order chi connectivity index (χ1) is 11.8. The predicted molar refractivity (Wildman–Crippen MR) is 88.9 cm³/mol. The van der Waals surface area contributed by atoms with Crippen LogP contribution in [0.15, 0.2) is 55.1 Å². The maximum atomic E-state index is 12.2. The van der Waals surface area contributed by atoms with Crippen molar-refractivity contribution < 1.29 is 9.53 Å². The van der Waals surface area contributed by atoms with E-state index in [0.717, 1.165) is 11.4 Å². The number of para-hydroxylation sites is 1. The SMILES string of the molecule is CCOC(=O)c1cn(-c2ccccc2)nc1NCc1cnccn1. The van der Waals surface area contributed by atoms with Gasteiger partial charge in [-0.1, -0.05) is 18.2 Å². The molecule has 2 aromatic heterocycles. The lowest BCUT2D eigenvalue weighted by Gasteiger charge is -2.05. The largest absolute Gasteiger partial charge is 0.462 e. The van der Waals surface area contributed by atoms with Gasteiger partial charge in [-0.2, -0.15) is 0 Å². The standard InChI is InChI=1S/C17H17N5O2/c1-2-24-17(23)15-12-22(14-6-4-3-5-7-14)21-16(15)20-11-13-10-18-8-9-19-13/h3-10,12H,2,11H2,1H3,(H,20,21). The Hall–Kier alpha value is -3.22. The highest BCUT2D eigenvalue weighted by atomic mass is 16.5. The van der Waals surface area contributed by atoms with E-state index in [9.17, 15) is 4.79 Å². The number of nitrogens with zero attached hydrogens (tertiary/aromatic N) is 4. The molecule has 7 heteroatoms. The van der Waals surface area contributed by atoms with E-state index < -0.39 is 5.97 Å². The molecule has 0 fully saturated rings. The summed E-state index contributed by atoms with van der Waals surface area (Å²) in [7, 11) is 0. The third-order valence-electron chi connectivity index (χ3n) is 3.28. The molecule has 3 rings (SSSR count). The first-order valence-electron chi connectivity index (χ1n) is 7.59. The van der Waals surface area contributed by atoms with E-state index in [1.54, 1.807) is 36.4 Å². The zero-order chi connectivity index (χ0) is 16.8. The molecule has 0 saturated heterocycles. The van der Waals surface area contributed by atoms with Crippen molar-refractivity contribution in [3.63, 3.8) is 0 Å². The van der Waals surface area contributed by atoms with Gasteiger partial charge in [-0.15, -0.1) is 5.10 Å². The van der Waals surface area contributed by atoms with Crippen LogP contribution in [0.25, 0.3) is 5.69 Å². The Morgan fingerprint density at radius 3 is 2.79 bits per heavy atom. The fourth-order valence-electron chi connectivity index (χ4n) is 2.17. The van der Waals surface area contributed by atoms with Crippen molar-refractivity contribution in [1.29, 1.82) is 0 Å². The van der Waals surface area contributed by atoms with E-state index in [4.69, 9.17) is 4.74 Å². The molecule has 0 bridgehead atoms. The van der Waals surface area contributed by atoms with Gasteiger partial charge in [0.1, 0.15) is 5.56 Å². The molecule has 0 unspecified atom stereocenters. The molecular formula is C17H17N5O2. The van der Waals surface area contributed by atoms with Gasteiger partial charge < -0.3 is 10.1 Å². The average Bonchev–Trinajstić information content (AvgIpc) is 3.06. The van der Waals surface area contributed by atoms with Gasteiger partial charge in [0.05, 0.1) is 30.7 Å². The Bertz CT molecular complexity index is 802. The van der Waals surface area contributed by atoms with Crippen LogP contribution in [0.5, 0.6) is 0 Å². The summed E-state index contributed by atoms with van der Waals surface area (Å²) >= 11 is 0. The van der Waals surface area contributed by atoms with Crippen molar-refractivity contribution in [2.45, 2.75) is 13.5 Å². The molecule has 0 aliphatic rings. The lowest BCUT2D eigenvalue weighted by molar-refractivity contribution is 0.0527. The van der Waals surface area contributed by atoms with Gasteiger partial charge in [0.25, 0.3) is 0 Å². The second-order valence-electron chi connectivity index (χ2n) is 4.94. The molecule has 3 aromatic rings. The molecule has 0 spiro atoms. The number of hydrogen-bond donors (Lipinski definition) is 1. The van der Waals surface area contributed by atoms with Gasteiger partial charge in [0.15, 0.2) is 5.82 Å². The summed E-state index contributed by atoms with van der Waals surface area (Å²) in [6.07, 6.45) is 6.54. The third-order valence-corrected chi connectivity index (χ3v) is 3.28. The summed E-state index contributed by atoms with van der Waals surface area (Å²) in [6, 6.07) is 9.57. The molecule has 0 aliphatic heterocycles. The van der Waals surface area contributed by atoms with E-state index in [0.29, 0.717) is 24.5 Å². The summed E-state index contributed by atoms with van der Waals surface area (Å²) in [6.45, 7) is 2.48. The Morgan fingerprint density at radius 1 is 1.25 bits per heavy atom. The number of hydrogen-bond acceptors (Lipinski definition) is 6. The average molecular weight is 323 g/mol. The molecule has 0 radical (unpaired) electrons. The molecule has 122 valence electrons. The third kappa shape index (κ3) is 3.57. The van der Waals surface area contributed by atoms with Gasteiger partial charge in [-0.05, 0) is 19.1 Å². The van der Waals surface area contributed by atoms with Gasteiger partial charge in [0.2, 0.25) is 0 Å². The van der Waals surface area contributed by atoms with Crippen molar-refractivity contribution in [3.8, 4) is 5.69 Å². The van der Waals surface area contributed by atoms with Gasteiger partial charge in [-0.3, -0.25) is 9.97 Å². The minimum Gasteiger partial charge on any atom is -0.462 e. The van der Waals surface area contributed by atoms with Gasteiger partial charge in [-0.25, -0.2) is 9.48 Å². The van der Waals surface area contributed by atoms with Crippen LogP contribution >= 0.6 is 0 Å². The van der Waals surface area contributed by atoms with Crippen LogP contribution in [0.2, 0.25) is 0 Å². The molecule has 24 heavy (non-hydrogen) atoms. The van der Waals surface area contributed by atoms with Crippen molar-refractivity contribution in [2.75, 3.05) is 11.9 Å². The van der Waals surface area contributed by atoms with Crippen molar-refractivity contribution in [1.82, 2.24) is 19.7 Å². The molecule has 1 N–H and O–H groups in total. The van der Waals surface area contributed by atoms with Crippen LogP contribution in [0, 0.1) is 0 Å². The number of ether oxygens (including phenoxy) is 1. The lowest BCUT2D eigenvalue weighted by atomic mass is 10.3. The smallest absolute Gasteiger partial charge is 0.343 e. The second kappa shape index (κ2) is 7.36. The van der Waals surface area contributed by atoms with Crippen LogP contribution in [0.3, 0.4) is 0 Å². The number of carbonyl (C=O) groups excluding carboxylic acids is 1. The zero-order valence-corrected chi connectivity index (χ0v) is 13.2. The van der Waals surface area contributed by atoms with E-state index in [-0.39, 0.29) is 0 Å². The van der Waals surface area contributed by atoms with E-state index in [1.165, 1.54) is 0 Å². The van der Waals surface area contributed by atoms with Crippen LogP contribution in [0.4, 0.5) is 5.82 Å². The summed E-state index contributed by atoms with van der Waals surface area (Å²) in [5.74, 6) is 0.0317. The van der Waals surface area contributed by atoms with Gasteiger partial charge in [0, 0.05) is 18.6 Å². The second-order valence-corrected chi connectivity index (χ2v) is 4.94. The maximum absolute atomic E-state index is 12.2. The summed E-state index contributed by atoms with van der Waals surface area (Å²) in [5, 5.41) is 7.58. The van der Waals surface area contributed by atoms with E-state index >= 15 is 0 Å². The molecule has 0 amide bonds. The van der Waals surface area contributed by atoms with Crippen LogP contribution in [-0.4, -0.2) is 32.3 Å². The molecule has 0 aliphatic carbocycles. The van der Waals surface area contributed by atoms with Crippen LogP contribution < -0.4 is 5.32 Å². The minimum absolute atomic E-state index is 0.305. The predicted octanol–water partition coefficient (Wildman–Crippen LogP) is 2.45. The number of carbonyl (C=O) groups is 1. The normalized spacial score (nSPS) is 10.4. The minimum atomic E-state index is -0.415. The van der Waals surface area contributed by atoms with Crippen molar-refractivity contribution in [2.24, 2.45) is 0 Å². The fourth-order valence-corrected chi connectivity index (χ4v) is 2.17. The first kappa shape index (κ1) is 15.7. The number of anilines is 1. The fraction of sp³-hybridized carbons (Fsp3) is 0.176. The Morgan fingerprint density at radius 2 is 2.08 bits per heavy atom. The molecule has 0 saturated carbocycles. The highest BCUT2D eigenvalue weighted by Gasteiger charge is 2.18. The Balaban J connectivity index is 1.87. The highest BCUT2D eigenvalue weighted by Crippen LogP contribution is 2.18. The molecular weight excluding hydrogens is 306 g/mol. The van der Waals surface area contributed by atoms with Crippen molar-refractivity contribution >= 4 is 11.8 Å². The van der Waals surface area contributed by atoms with Gasteiger partial charge >= 0.3 is 5.97 Å². The number of esters is 1. The molecule has 0 atom stereocenters. The number of nitrogens with one attached hydrogen (secondary N) is 1. The lowest BCUT2D eigenvalue weighted by Crippen LogP contribution is -2.09. The maximum Gasteiger partial charge on any atom is 0.343 e. The van der Waals surface area contributed by atoms with E-state index in [1.807, 2.05) is 30.3 Å².